The molecule has 1 aromatic rings. The van der Waals surface area contributed by atoms with Crippen LogP contribution in [0, 0.1) is 11.3 Å². The molecule has 0 spiro atoms. The van der Waals surface area contributed by atoms with Crippen LogP contribution in [0.4, 0.5) is 0 Å². The molecule has 62 heavy (non-hydrogen) atoms. The van der Waals surface area contributed by atoms with Gasteiger partial charge in [-0.3, -0.25) is 19.5 Å². The molecule has 0 amide bonds. The molecule has 0 bridgehead atoms. The summed E-state index contributed by atoms with van der Waals surface area (Å²) < 4.78 is 20.9. The smallest absolute Gasteiger partial charge is 0.306 e. The molecule has 8 nitrogen and oxygen atoms in total. The van der Waals surface area contributed by atoms with Crippen LogP contribution >= 0.6 is 0 Å². The Morgan fingerprint density at radius 2 is 0.887 bits per heavy atom. The number of benzene rings is 1. The van der Waals surface area contributed by atoms with Crippen LogP contribution in [-0.2, 0) is 41.1 Å². The largest absolute Gasteiger partial charge is 0.494 e. The predicted octanol–water partition coefficient (Wildman–Crippen LogP) is 11.6. The minimum Gasteiger partial charge on any atom is -0.494 e. The highest BCUT2D eigenvalue weighted by Crippen LogP contribution is 2.51. The number of carbonyl (C=O) groups is 2. The minimum atomic E-state index is -1.33. The zero-order chi connectivity index (χ0) is 47.6. The number of ether oxygens (including phenoxy) is 3. The Balaban J connectivity index is 1.95. The molecule has 1 aromatic carbocycles. The summed E-state index contributed by atoms with van der Waals surface area (Å²) in [6.07, 6.45) is 4.79. The molecule has 3 saturated heterocycles. The lowest BCUT2D eigenvalue weighted by atomic mass is 9.66. The van der Waals surface area contributed by atoms with Crippen molar-refractivity contribution in [3.05, 3.63) is 59.6 Å². The maximum atomic E-state index is 14.5. The summed E-state index contributed by atoms with van der Waals surface area (Å²) in [5, 5.41) is 0. The maximum absolute atomic E-state index is 14.5. The molecule has 3 fully saturated rings. The number of esters is 1. The average Bonchev–Trinajstić information content (AvgIpc) is 3.08. The molecule has 3 aliphatic heterocycles. The van der Waals surface area contributed by atoms with E-state index >= 15 is 0 Å². The number of rotatable bonds is 13. The first-order valence-corrected chi connectivity index (χ1v) is 23.5. The Hall–Kier alpha value is -2.68. The standard InChI is InChI=1S/C54H91N3O5/c1-36(60-42-29-48(9,10)55(21)49(11,12)30-42)54(37(2)61-43-31-50(13,14)56(22)51(15,16)32-43,28-38-24-39(46(3,4)5)26-40(25-38)47(6,7)8)41(35-58)27-45(59)62-44-33-52(17,18)57(23)53(19,20)34-44/h24-26,35,41-44H,1-2,27-34H2,3-23H3. The molecule has 3 heterocycles. The molecular weight excluding hydrogens is 771 g/mol. The van der Waals surface area contributed by atoms with E-state index in [1.165, 1.54) is 11.1 Å². The third kappa shape index (κ3) is 11.0. The third-order valence-corrected chi connectivity index (χ3v) is 16.1. The van der Waals surface area contributed by atoms with Crippen LogP contribution in [0.3, 0.4) is 0 Å². The van der Waals surface area contributed by atoms with Gasteiger partial charge < -0.3 is 19.0 Å². The van der Waals surface area contributed by atoms with Crippen molar-refractivity contribution < 1.29 is 23.8 Å². The zero-order valence-corrected chi connectivity index (χ0v) is 43.6. The molecule has 4 rings (SSSR count). The lowest BCUT2D eigenvalue weighted by Crippen LogP contribution is -2.60. The highest BCUT2D eigenvalue weighted by Gasteiger charge is 2.53. The summed E-state index contributed by atoms with van der Waals surface area (Å²) in [7, 11) is 6.52. The van der Waals surface area contributed by atoms with Crippen LogP contribution in [0.2, 0.25) is 0 Å². The molecule has 1 unspecified atom stereocenters. The molecule has 0 aromatic heterocycles. The fourth-order valence-corrected chi connectivity index (χ4v) is 11.3. The number of hydrogen-bond donors (Lipinski definition) is 0. The average molecular weight is 862 g/mol. The Kier molecular flexibility index (Phi) is 14.5. The molecular formula is C54H91N3O5. The second-order valence-electron chi connectivity index (χ2n) is 25.7. The van der Waals surface area contributed by atoms with Gasteiger partial charge in [-0.15, -0.1) is 0 Å². The number of aldehydes is 1. The third-order valence-electron chi connectivity index (χ3n) is 16.1. The summed E-state index contributed by atoms with van der Waals surface area (Å²) >= 11 is 0. The normalized spacial score (nSPS) is 24.2. The van der Waals surface area contributed by atoms with Gasteiger partial charge in [0.1, 0.15) is 36.1 Å². The van der Waals surface area contributed by atoms with Gasteiger partial charge in [-0.25, -0.2) is 0 Å². The summed E-state index contributed by atoms with van der Waals surface area (Å²) in [5.74, 6) is -0.520. The van der Waals surface area contributed by atoms with Crippen LogP contribution < -0.4 is 0 Å². The number of nitrogens with zero attached hydrogens (tertiary/aromatic N) is 3. The van der Waals surface area contributed by atoms with Crippen molar-refractivity contribution in [3.63, 3.8) is 0 Å². The van der Waals surface area contributed by atoms with Crippen molar-refractivity contribution in [1.82, 2.24) is 14.7 Å². The summed E-state index contributed by atoms with van der Waals surface area (Å²) in [6, 6.07) is 6.83. The van der Waals surface area contributed by atoms with E-state index in [9.17, 15) is 9.59 Å². The van der Waals surface area contributed by atoms with Crippen molar-refractivity contribution in [1.29, 1.82) is 0 Å². The number of hydrogen-bond acceptors (Lipinski definition) is 8. The SMILES string of the molecule is C=C(OC1CC(C)(C)N(C)C(C)(C)C1)C(Cc1cc(C(C)(C)C)cc(C(C)(C)C)c1)(C(=C)OC1CC(C)(C)N(C)C(C)(C)C1)C(C=O)CC(=O)OC1CC(C)(C)N(C)C(C)(C)C1. The van der Waals surface area contributed by atoms with Crippen LogP contribution in [0.25, 0.3) is 0 Å². The minimum absolute atomic E-state index is 0.153. The number of carbonyl (C=O) groups excluding carboxylic acids is 2. The van der Waals surface area contributed by atoms with Crippen LogP contribution in [0.5, 0.6) is 0 Å². The van der Waals surface area contributed by atoms with Gasteiger partial charge in [-0.05, 0) is 138 Å². The number of piperidine rings is 3. The molecule has 0 radical (unpaired) electrons. The summed E-state index contributed by atoms with van der Waals surface area (Å²) in [6.45, 7) is 49.9. The first-order chi connectivity index (χ1) is 27.8. The topological polar surface area (TPSA) is 71.5 Å². The van der Waals surface area contributed by atoms with Gasteiger partial charge in [-0.2, -0.15) is 0 Å². The number of likely N-dealkylation sites (tertiary alicyclic amines) is 3. The maximum Gasteiger partial charge on any atom is 0.306 e. The van der Waals surface area contributed by atoms with E-state index in [0.717, 1.165) is 37.5 Å². The van der Waals surface area contributed by atoms with E-state index in [1.54, 1.807) is 0 Å². The van der Waals surface area contributed by atoms with Crippen molar-refractivity contribution >= 4 is 12.3 Å². The van der Waals surface area contributed by atoms with Gasteiger partial charge in [0.05, 0.1) is 11.8 Å². The lowest BCUT2D eigenvalue weighted by Gasteiger charge is -2.55. The van der Waals surface area contributed by atoms with Gasteiger partial charge in [0.2, 0.25) is 0 Å². The first-order valence-electron chi connectivity index (χ1n) is 23.5. The zero-order valence-electron chi connectivity index (χ0n) is 43.6. The summed E-state index contributed by atoms with van der Waals surface area (Å²) in [4.78, 5) is 35.9. The van der Waals surface area contributed by atoms with Gasteiger partial charge in [0.25, 0.3) is 0 Å². The van der Waals surface area contributed by atoms with Crippen molar-refractivity contribution in [2.45, 2.75) is 238 Å². The molecule has 0 saturated carbocycles. The van der Waals surface area contributed by atoms with E-state index in [0.29, 0.717) is 30.8 Å². The van der Waals surface area contributed by atoms with E-state index in [-0.39, 0.29) is 68.8 Å². The Morgan fingerprint density at radius 3 is 1.16 bits per heavy atom. The van der Waals surface area contributed by atoms with Gasteiger partial charge in [0, 0.05) is 77.7 Å². The Bertz CT molecular complexity index is 1680. The van der Waals surface area contributed by atoms with Gasteiger partial charge in [-0.1, -0.05) is 72.9 Å². The van der Waals surface area contributed by atoms with E-state index in [4.69, 9.17) is 27.4 Å². The summed E-state index contributed by atoms with van der Waals surface area (Å²) in [5.41, 5.74) is 0.743. The highest BCUT2D eigenvalue weighted by molar-refractivity contribution is 5.75. The monoisotopic (exact) mass is 862 g/mol. The van der Waals surface area contributed by atoms with Crippen molar-refractivity contribution in [2.24, 2.45) is 11.3 Å². The van der Waals surface area contributed by atoms with Gasteiger partial charge >= 0.3 is 5.97 Å². The van der Waals surface area contributed by atoms with E-state index in [1.807, 2.05) is 0 Å². The quantitative estimate of drug-likeness (QED) is 0.110. The fourth-order valence-electron chi connectivity index (χ4n) is 11.3. The van der Waals surface area contributed by atoms with Crippen LogP contribution in [0.15, 0.2) is 42.9 Å². The second kappa shape index (κ2) is 17.3. The molecule has 0 aliphatic carbocycles. The van der Waals surface area contributed by atoms with Crippen molar-refractivity contribution in [3.8, 4) is 0 Å². The molecule has 1 atom stereocenters. The van der Waals surface area contributed by atoms with E-state index < -0.39 is 17.3 Å². The molecule has 8 heteroatoms. The Labute approximate surface area is 379 Å². The van der Waals surface area contributed by atoms with Crippen LogP contribution in [-0.4, -0.2) is 99.6 Å². The molecule has 3 aliphatic rings. The first kappa shape index (κ1) is 51.9. The Morgan fingerprint density at radius 1 is 0.597 bits per heavy atom. The molecule has 0 N–H and O–H groups in total. The lowest BCUT2D eigenvalue weighted by molar-refractivity contribution is -0.162. The van der Waals surface area contributed by atoms with Crippen LogP contribution in [0.1, 0.15) is 186 Å². The van der Waals surface area contributed by atoms with E-state index in [2.05, 4.69) is 179 Å². The molecule has 352 valence electrons. The van der Waals surface area contributed by atoms with Gasteiger partial charge in [0.15, 0.2) is 0 Å². The van der Waals surface area contributed by atoms with Crippen molar-refractivity contribution in [2.75, 3.05) is 21.1 Å². The predicted molar refractivity (Wildman–Crippen MR) is 258 cm³/mol. The highest BCUT2D eigenvalue weighted by atomic mass is 16.5. The second-order valence-corrected chi connectivity index (χ2v) is 25.7. The fraction of sp³-hybridized carbons (Fsp3) is 0.778.